The average molecular weight is 211 g/mol. The molecule has 1 atom stereocenters. The maximum Gasteiger partial charge on any atom is 0.125 e. The van der Waals surface area contributed by atoms with Crippen molar-refractivity contribution in [2.24, 2.45) is 0 Å². The third-order valence-electron chi connectivity index (χ3n) is 2.12. The summed E-state index contributed by atoms with van der Waals surface area (Å²) in [6.45, 7) is 3.32. The summed E-state index contributed by atoms with van der Waals surface area (Å²) < 4.78 is 19.7. The smallest absolute Gasteiger partial charge is 0.125 e. The van der Waals surface area contributed by atoms with Gasteiger partial charge < -0.3 is 4.74 Å². The minimum atomic E-state index is -1.10. The van der Waals surface area contributed by atoms with Crippen molar-refractivity contribution in [3.63, 3.8) is 0 Å². The van der Waals surface area contributed by atoms with E-state index in [0.717, 1.165) is 10.5 Å². The molecular weight excluding hydrogens is 198 g/mol. The molecule has 0 amide bonds. The third-order valence-corrected chi connectivity index (χ3v) is 3.34. The molecule has 0 saturated carbocycles. The minimum absolute atomic E-state index is 0.247. The number of hydrogen-bond donors (Lipinski definition) is 1. The molecule has 3 nitrogen and oxygen atoms in total. The van der Waals surface area contributed by atoms with Gasteiger partial charge in [0, 0.05) is 0 Å². The van der Waals surface area contributed by atoms with Crippen LogP contribution < -0.4 is 4.72 Å². The van der Waals surface area contributed by atoms with Gasteiger partial charge in [-0.1, -0.05) is 12.1 Å². The molecule has 14 heavy (non-hydrogen) atoms. The van der Waals surface area contributed by atoms with E-state index in [9.17, 15) is 4.21 Å². The van der Waals surface area contributed by atoms with Crippen LogP contribution in [0.5, 0.6) is 0 Å². The lowest BCUT2D eigenvalue weighted by atomic mass is 10.2. The molecule has 1 aliphatic heterocycles. The molecule has 0 aromatic heterocycles. The van der Waals surface area contributed by atoms with Gasteiger partial charge in [0.25, 0.3) is 0 Å². The van der Waals surface area contributed by atoms with Crippen molar-refractivity contribution in [3.8, 4) is 0 Å². The Morgan fingerprint density at radius 2 is 2.29 bits per heavy atom. The quantitative estimate of drug-likeness (QED) is 0.810. The number of aryl methyl sites for hydroxylation is 1. The normalized spacial score (nSPS) is 18.9. The van der Waals surface area contributed by atoms with Crippen LogP contribution in [-0.4, -0.2) is 23.5 Å². The monoisotopic (exact) mass is 211 g/mol. The molecule has 2 rings (SSSR count). The summed E-state index contributed by atoms with van der Waals surface area (Å²) in [4.78, 5) is 0.830. The standard InChI is InChI=1S/C10H13NO2S/c1-8-3-2-4-10(5-8)14(12)11-9-6-13-7-9/h2-5,9,11H,6-7H2,1H3. The van der Waals surface area contributed by atoms with E-state index in [0.29, 0.717) is 13.2 Å². The van der Waals surface area contributed by atoms with E-state index >= 15 is 0 Å². The second kappa shape index (κ2) is 4.21. The van der Waals surface area contributed by atoms with E-state index in [1.165, 1.54) is 0 Å². The van der Waals surface area contributed by atoms with Gasteiger partial charge in [-0.3, -0.25) is 0 Å². The molecule has 1 heterocycles. The summed E-state index contributed by atoms with van der Waals surface area (Å²) in [6, 6.07) is 7.96. The first kappa shape index (κ1) is 9.83. The van der Waals surface area contributed by atoms with E-state index < -0.39 is 11.0 Å². The molecular formula is C10H13NO2S. The van der Waals surface area contributed by atoms with Crippen LogP contribution in [0.1, 0.15) is 5.56 Å². The lowest BCUT2D eigenvalue weighted by Gasteiger charge is -2.26. The Hall–Kier alpha value is -0.710. The third kappa shape index (κ3) is 2.20. The van der Waals surface area contributed by atoms with E-state index in [1.54, 1.807) is 0 Å². The highest BCUT2D eigenvalue weighted by Gasteiger charge is 2.20. The number of ether oxygens (including phenoxy) is 1. The largest absolute Gasteiger partial charge is 0.378 e. The van der Waals surface area contributed by atoms with Crippen molar-refractivity contribution < 1.29 is 8.95 Å². The highest BCUT2D eigenvalue weighted by Crippen LogP contribution is 2.09. The number of rotatable bonds is 3. The minimum Gasteiger partial charge on any atom is -0.378 e. The lowest BCUT2D eigenvalue weighted by Crippen LogP contribution is -2.46. The fourth-order valence-electron chi connectivity index (χ4n) is 1.25. The highest BCUT2D eigenvalue weighted by molar-refractivity contribution is 7.83. The van der Waals surface area contributed by atoms with Crippen molar-refractivity contribution in [3.05, 3.63) is 29.8 Å². The van der Waals surface area contributed by atoms with Crippen molar-refractivity contribution in [1.82, 2.24) is 4.72 Å². The fourth-order valence-corrected chi connectivity index (χ4v) is 2.32. The van der Waals surface area contributed by atoms with Crippen LogP contribution in [0.2, 0.25) is 0 Å². The summed E-state index contributed by atoms with van der Waals surface area (Å²) in [5.74, 6) is 0. The fraction of sp³-hybridized carbons (Fsp3) is 0.400. The van der Waals surface area contributed by atoms with E-state index in [2.05, 4.69) is 4.72 Å². The van der Waals surface area contributed by atoms with Crippen LogP contribution in [0.25, 0.3) is 0 Å². The second-order valence-corrected chi connectivity index (χ2v) is 4.68. The molecule has 1 aromatic carbocycles. The van der Waals surface area contributed by atoms with Gasteiger partial charge in [0.1, 0.15) is 11.0 Å². The molecule has 1 saturated heterocycles. The van der Waals surface area contributed by atoms with Crippen LogP contribution in [0.4, 0.5) is 0 Å². The molecule has 0 bridgehead atoms. The summed E-state index contributed by atoms with van der Waals surface area (Å²) in [7, 11) is -1.10. The lowest BCUT2D eigenvalue weighted by molar-refractivity contribution is 0.00540. The second-order valence-electron chi connectivity index (χ2n) is 3.44. The molecule has 76 valence electrons. The summed E-state index contributed by atoms with van der Waals surface area (Å²) in [5.41, 5.74) is 1.13. The van der Waals surface area contributed by atoms with Crippen molar-refractivity contribution in [1.29, 1.82) is 0 Å². The van der Waals surface area contributed by atoms with Crippen LogP contribution >= 0.6 is 0 Å². The Kier molecular flexibility index (Phi) is 2.96. The van der Waals surface area contributed by atoms with Gasteiger partial charge in [0.15, 0.2) is 0 Å². The first-order valence-corrected chi connectivity index (χ1v) is 5.73. The Balaban J connectivity index is 2.02. The topological polar surface area (TPSA) is 38.3 Å². The molecule has 1 fully saturated rings. The first-order chi connectivity index (χ1) is 6.75. The van der Waals surface area contributed by atoms with Crippen molar-refractivity contribution in [2.75, 3.05) is 13.2 Å². The Bertz CT molecular complexity index is 350. The molecule has 1 unspecified atom stereocenters. The average Bonchev–Trinajstić information content (AvgIpc) is 2.11. The number of hydrogen-bond acceptors (Lipinski definition) is 2. The summed E-state index contributed by atoms with van der Waals surface area (Å²) in [5, 5.41) is 0. The molecule has 1 aromatic rings. The van der Waals surface area contributed by atoms with Crippen molar-refractivity contribution in [2.45, 2.75) is 17.9 Å². The zero-order valence-corrected chi connectivity index (χ0v) is 8.84. The molecule has 0 radical (unpaired) electrons. The van der Waals surface area contributed by atoms with Gasteiger partial charge in [-0.05, 0) is 24.6 Å². The van der Waals surface area contributed by atoms with Crippen LogP contribution in [0.3, 0.4) is 0 Å². The van der Waals surface area contributed by atoms with Gasteiger partial charge in [0.05, 0.1) is 24.2 Å². The Labute approximate surface area is 86.1 Å². The predicted octanol–water partition coefficient (Wildman–Crippen LogP) is 1.01. The predicted molar refractivity (Wildman–Crippen MR) is 55.3 cm³/mol. The molecule has 1 aliphatic rings. The molecule has 0 aliphatic carbocycles. The van der Waals surface area contributed by atoms with Gasteiger partial charge >= 0.3 is 0 Å². The van der Waals surface area contributed by atoms with E-state index in [1.807, 2.05) is 31.2 Å². The van der Waals surface area contributed by atoms with E-state index in [4.69, 9.17) is 4.74 Å². The van der Waals surface area contributed by atoms with Crippen LogP contribution in [0, 0.1) is 6.92 Å². The van der Waals surface area contributed by atoms with Gasteiger partial charge in [0.2, 0.25) is 0 Å². The van der Waals surface area contributed by atoms with Crippen LogP contribution in [-0.2, 0) is 15.7 Å². The van der Waals surface area contributed by atoms with Gasteiger partial charge in [-0.15, -0.1) is 0 Å². The Morgan fingerprint density at radius 3 is 2.86 bits per heavy atom. The molecule has 4 heteroatoms. The van der Waals surface area contributed by atoms with E-state index in [-0.39, 0.29) is 6.04 Å². The summed E-state index contributed by atoms with van der Waals surface area (Å²) in [6.07, 6.45) is 0. The van der Waals surface area contributed by atoms with Gasteiger partial charge in [-0.2, -0.15) is 0 Å². The SMILES string of the molecule is Cc1cccc(S(=O)NC2COC2)c1. The number of nitrogens with one attached hydrogen (secondary N) is 1. The highest BCUT2D eigenvalue weighted by atomic mass is 32.2. The zero-order valence-electron chi connectivity index (χ0n) is 8.03. The van der Waals surface area contributed by atoms with Gasteiger partial charge in [-0.25, -0.2) is 8.93 Å². The zero-order chi connectivity index (χ0) is 9.97. The summed E-state index contributed by atoms with van der Waals surface area (Å²) >= 11 is 0. The molecule has 1 N–H and O–H groups in total. The van der Waals surface area contributed by atoms with Crippen LogP contribution in [0.15, 0.2) is 29.2 Å². The van der Waals surface area contributed by atoms with Crippen molar-refractivity contribution >= 4 is 11.0 Å². The molecule has 0 spiro atoms. The first-order valence-electron chi connectivity index (χ1n) is 4.58. The Morgan fingerprint density at radius 1 is 1.50 bits per heavy atom. The maximum atomic E-state index is 11.7. The number of benzene rings is 1. The maximum absolute atomic E-state index is 11.7.